The lowest BCUT2D eigenvalue weighted by Crippen LogP contribution is -1.93. The number of benzene rings is 17. The highest BCUT2D eigenvalue weighted by atomic mass is 16.3. The monoisotopic (exact) mass is 1200 g/mol. The normalized spacial score (nSPS) is 20.2. The van der Waals surface area contributed by atoms with Crippen LogP contribution in [0, 0.1) is 0 Å². The molecule has 2 heterocycles. The summed E-state index contributed by atoms with van der Waals surface area (Å²) >= 11 is 0. The van der Waals surface area contributed by atoms with E-state index in [0.717, 1.165) is 0 Å². The molecule has 0 unspecified atom stereocenters. The number of furan rings is 2. The maximum absolute atomic E-state index is 9.62. The Morgan fingerprint density at radius 1 is 0.189 bits per heavy atom. The third kappa shape index (κ3) is 8.19. The van der Waals surface area contributed by atoms with Crippen molar-refractivity contribution in [2.75, 3.05) is 0 Å². The van der Waals surface area contributed by atoms with E-state index in [2.05, 4.69) is 0 Å². The van der Waals surface area contributed by atoms with E-state index in [0.29, 0.717) is 0 Å². The molecule has 2 aromatic heterocycles. The predicted octanol–water partition coefficient (Wildman–Crippen LogP) is 25.2. The van der Waals surface area contributed by atoms with Gasteiger partial charge in [-0.3, -0.25) is 0 Å². The van der Waals surface area contributed by atoms with Gasteiger partial charge in [0, 0.05) is 32.3 Å². The Bertz CT molecular complexity index is 9260. The van der Waals surface area contributed by atoms with Crippen LogP contribution in [-0.4, -0.2) is 0 Å². The fourth-order valence-corrected chi connectivity index (χ4v) is 11.1. The first-order chi connectivity index (χ1) is 67.1. The van der Waals surface area contributed by atoms with Crippen molar-refractivity contribution in [3.8, 4) is 66.8 Å². The Balaban J connectivity index is 0.000000193. The molecule has 0 saturated carbocycles. The summed E-state index contributed by atoms with van der Waals surface area (Å²) in [4.78, 5) is 0. The first-order valence-corrected chi connectivity index (χ1v) is 26.6. The van der Waals surface area contributed by atoms with E-state index < -0.39 is 512 Å². The summed E-state index contributed by atoms with van der Waals surface area (Å²) in [7, 11) is 0. The SMILES string of the molecule is [2H]c1c([2H])c(-c2c3c([2H])c([2H])c([2H])c([2H])c3c(-c3c([2H])c([2H])c4c([2H])c([2H])c([2H])c([2H])c4c3[2H])c3c([2H])c([2H])c([2H])c([2H])c23)c2c(oc3c4c([2H])c([2H])c([2H])c([2H])c4c([2H])c([2H])c32)c1[2H].[2H]c1c([2H])c([2H])c(-c2c([2H])c([2H])c(-c3c([2H])c([2H])c([2H])c([2H])c3-c3c4c([2H])c([2H])c([2H])c([2H])c4c(-c4c([2H])c([2H])c([2H])c5oc6c7c([2H])c([2H])c([2H])c([2H])c7c([2H])c([2H])c6c45)c4c([2H])c([2H])c([2H])c([2H])c34)c([2H])c2[2H])c([2H])c1[2H]. The minimum atomic E-state index is -1.15. The fraction of sp³-hybridized carbons (Fsp3) is 0. The molecule has 0 N–H and O–H groups in total. The Kier molecular flexibility index (Phi) is 4.87. The zero-order valence-electron chi connectivity index (χ0n) is 98.8. The molecule has 17 aromatic carbocycles. The van der Waals surface area contributed by atoms with Crippen molar-refractivity contribution in [3.05, 3.63) is 326 Å². The van der Waals surface area contributed by atoms with Crippen LogP contribution in [0.5, 0.6) is 0 Å². The molecule has 418 valence electrons. The molecular weight excluding hydrogens is 1090 g/mol. The van der Waals surface area contributed by atoms with Gasteiger partial charge in [0.25, 0.3) is 0 Å². The summed E-state index contributed by atoms with van der Waals surface area (Å²) in [6, 6.07) is -50.3. The average Bonchev–Trinajstić information content (AvgIpc) is 1.16. The smallest absolute Gasteiger partial charge is 0.143 e. The van der Waals surface area contributed by atoms with Crippen LogP contribution in [0.1, 0.15) is 74.0 Å². The van der Waals surface area contributed by atoms with Gasteiger partial charge in [0.1, 0.15) is 22.3 Å². The molecule has 0 atom stereocenters. The quantitative estimate of drug-likeness (QED) is 0.155. The average molecular weight is 1200 g/mol. The van der Waals surface area contributed by atoms with E-state index in [4.69, 9.17) is 55.4 Å². The van der Waals surface area contributed by atoms with Crippen LogP contribution in [0.15, 0.2) is 335 Å². The van der Waals surface area contributed by atoms with Crippen LogP contribution >= 0.6 is 0 Å². The van der Waals surface area contributed by atoms with Crippen LogP contribution in [0.3, 0.4) is 0 Å². The molecule has 2 nitrogen and oxygen atoms in total. The summed E-state index contributed by atoms with van der Waals surface area (Å²) in [5.74, 6) is 0. The Labute approximate surface area is 595 Å². The summed E-state index contributed by atoms with van der Waals surface area (Å²) in [5, 5.41) is -11.0. The van der Waals surface area contributed by atoms with E-state index in [1.807, 2.05) is 0 Å². The number of hydrogen-bond donors (Lipinski definition) is 0. The Hall–Kier alpha value is -11.8. The number of fused-ring (bicyclic) bond motifs is 15. The van der Waals surface area contributed by atoms with Crippen LogP contribution in [-0.2, 0) is 0 Å². The minimum Gasteiger partial charge on any atom is -0.455 e. The molecule has 19 rings (SSSR count). The van der Waals surface area contributed by atoms with E-state index in [-0.39, 0.29) is 0 Å². The van der Waals surface area contributed by atoms with Gasteiger partial charge >= 0.3 is 0 Å². The van der Waals surface area contributed by atoms with E-state index in [9.17, 15) is 27.4 Å². The van der Waals surface area contributed by atoms with Crippen molar-refractivity contribution in [1.82, 2.24) is 0 Å². The first-order valence-electron chi connectivity index (χ1n) is 53.6. The Morgan fingerprint density at radius 3 is 1.01 bits per heavy atom. The van der Waals surface area contributed by atoms with E-state index in [1.54, 1.807) is 0 Å². The summed E-state index contributed by atoms with van der Waals surface area (Å²) in [6.45, 7) is 0. The second-order valence-corrected chi connectivity index (χ2v) is 19.5. The van der Waals surface area contributed by atoms with Crippen LogP contribution in [0.4, 0.5) is 0 Å². The molecule has 0 aliphatic heterocycles. The van der Waals surface area contributed by atoms with Crippen LogP contribution in [0.25, 0.3) is 186 Å². The van der Waals surface area contributed by atoms with Crippen LogP contribution in [0.2, 0.25) is 0 Å². The molecular formula is C88H54O2. The van der Waals surface area contributed by atoms with Crippen molar-refractivity contribution in [1.29, 1.82) is 0 Å². The lowest BCUT2D eigenvalue weighted by molar-refractivity contribution is 0.672. The van der Waals surface area contributed by atoms with Gasteiger partial charge in [-0.25, -0.2) is 0 Å². The summed E-state index contributed by atoms with van der Waals surface area (Å²) in [6.07, 6.45) is 0. The van der Waals surface area contributed by atoms with Gasteiger partial charge in [-0.2, -0.15) is 0 Å². The zero-order valence-corrected chi connectivity index (χ0v) is 44.8. The van der Waals surface area contributed by atoms with Crippen molar-refractivity contribution >= 4 is 119 Å². The zero-order chi connectivity index (χ0) is 106. The molecule has 0 spiro atoms. The molecule has 0 aliphatic rings. The molecule has 0 fully saturated rings. The molecule has 0 bridgehead atoms. The molecule has 19 aromatic rings. The van der Waals surface area contributed by atoms with Crippen molar-refractivity contribution < 1.29 is 82.9 Å². The van der Waals surface area contributed by atoms with Gasteiger partial charge in [-0.05, 0) is 162 Å². The minimum absolute atomic E-state index is 0.424. The van der Waals surface area contributed by atoms with Gasteiger partial charge in [0.2, 0.25) is 0 Å². The van der Waals surface area contributed by atoms with Gasteiger partial charge in [-0.15, -0.1) is 0 Å². The highest BCUT2D eigenvalue weighted by Crippen LogP contribution is 2.51. The highest BCUT2D eigenvalue weighted by molar-refractivity contribution is 6.29. The largest absolute Gasteiger partial charge is 0.455 e. The standard InChI is InChI=1S/C48H30O.C40H24O/c1-2-13-31(14-3-1)32-25-27-34(28-26-32)35-16-6-7-18-37(35)45-38-19-8-10-21-40(38)46(41-22-11-9-20-39(41)45)42-23-12-24-44-47(42)43-30-29-33-15-4-5-17-36(33)48(43)49-44;1-2-12-27-24-28(21-20-25(27)10-1)37-30-14-5-7-16-32(30)38(33-17-8-6-15-31(33)37)34-18-9-19-36-39(34)35-23-22-26-11-3-4-13-29(26)40(35)41-36/h1-30H;1-24H/i1D,2D,3D,4D,5D,6D,7D,8D,9D,10D,11D,12D,13D,14D,15D,16D,17D,18D,19D,20D,21D,22D,23D,24D,25D,26D,27D,28D,29D,30D;1D,2D,3D,4D,5D,6D,7D,8D,9D,10D,11D,12D,13D,14D,15D,16D,17D,18D,19D,20D,21D,22D,23D,24D. The van der Waals surface area contributed by atoms with Gasteiger partial charge in [-0.1, -0.05) is 296 Å². The van der Waals surface area contributed by atoms with Crippen molar-refractivity contribution in [2.24, 2.45) is 0 Å². The fourth-order valence-electron chi connectivity index (χ4n) is 11.1. The maximum Gasteiger partial charge on any atom is 0.143 e. The molecule has 90 heavy (non-hydrogen) atoms. The van der Waals surface area contributed by atoms with Gasteiger partial charge in [0.05, 0.1) is 74.0 Å². The molecule has 2 heteroatoms. The molecule has 0 saturated heterocycles. The lowest BCUT2D eigenvalue weighted by Gasteiger charge is -2.20. The topological polar surface area (TPSA) is 26.3 Å². The predicted molar refractivity (Wildman–Crippen MR) is 383 cm³/mol. The van der Waals surface area contributed by atoms with Crippen LogP contribution < -0.4 is 0 Å². The Morgan fingerprint density at radius 2 is 0.522 bits per heavy atom. The van der Waals surface area contributed by atoms with Crippen molar-refractivity contribution in [3.63, 3.8) is 0 Å². The maximum atomic E-state index is 9.62. The van der Waals surface area contributed by atoms with E-state index >= 15 is 0 Å². The third-order valence-corrected chi connectivity index (χ3v) is 14.8. The van der Waals surface area contributed by atoms with Gasteiger partial charge in [0.15, 0.2) is 0 Å². The summed E-state index contributed by atoms with van der Waals surface area (Å²) in [5.41, 5.74) is -11.9. The first kappa shape index (κ1) is 20.9. The van der Waals surface area contributed by atoms with E-state index in [1.165, 1.54) is 0 Å². The molecule has 0 amide bonds. The lowest BCUT2D eigenvalue weighted by atomic mass is 9.83. The van der Waals surface area contributed by atoms with Gasteiger partial charge < -0.3 is 8.83 Å². The molecule has 0 radical (unpaired) electrons. The van der Waals surface area contributed by atoms with Crippen molar-refractivity contribution in [2.45, 2.75) is 0 Å². The number of rotatable bonds is 6. The highest BCUT2D eigenvalue weighted by Gasteiger charge is 2.24. The third-order valence-electron chi connectivity index (χ3n) is 14.8. The second kappa shape index (κ2) is 21.0. The summed E-state index contributed by atoms with van der Waals surface area (Å²) < 4.78 is 497. The number of hydrogen-bond acceptors (Lipinski definition) is 2. The molecule has 0 aliphatic carbocycles. The second-order valence-electron chi connectivity index (χ2n) is 19.5.